The standard InChI is InChI=1S/C36H46N2O5S/c1-36(2,3)43-35(41)38-31(23-37-34(40)30-16-10-11-17-32(30)39)33(44-25-28-14-8-5-9-15-28)22-26-18-20-29(21-19-26)42-24-27-12-6-4-7-13-27/h4,6-7,10-13,16-21,28,31,33,39H,5,8-9,14-15,22-25H2,1-3H3,(H,37,40)(H,38,41). The highest BCUT2D eigenvalue weighted by molar-refractivity contribution is 7.99. The van der Waals surface area contributed by atoms with Gasteiger partial charge in [0.05, 0.1) is 11.6 Å². The predicted octanol–water partition coefficient (Wildman–Crippen LogP) is 7.52. The lowest BCUT2D eigenvalue weighted by Gasteiger charge is -2.31. The van der Waals surface area contributed by atoms with Crippen molar-refractivity contribution in [1.82, 2.24) is 10.6 Å². The summed E-state index contributed by atoms with van der Waals surface area (Å²) in [5, 5.41) is 16.2. The largest absolute Gasteiger partial charge is 0.507 e. The fourth-order valence-corrected chi connectivity index (χ4v) is 6.88. The van der Waals surface area contributed by atoms with E-state index in [-0.39, 0.29) is 23.1 Å². The minimum Gasteiger partial charge on any atom is -0.507 e. The molecule has 3 aromatic rings. The van der Waals surface area contributed by atoms with Gasteiger partial charge in [-0.25, -0.2) is 4.79 Å². The van der Waals surface area contributed by atoms with Gasteiger partial charge in [0, 0.05) is 11.8 Å². The molecule has 1 fully saturated rings. The van der Waals surface area contributed by atoms with Gasteiger partial charge in [-0.3, -0.25) is 4.79 Å². The normalized spacial score (nSPS) is 15.2. The van der Waals surface area contributed by atoms with E-state index in [0.717, 1.165) is 22.6 Å². The summed E-state index contributed by atoms with van der Waals surface area (Å²) in [7, 11) is 0. The van der Waals surface area contributed by atoms with E-state index in [1.54, 1.807) is 18.2 Å². The van der Waals surface area contributed by atoms with Crippen molar-refractivity contribution in [3.05, 3.63) is 95.6 Å². The lowest BCUT2D eigenvalue weighted by atomic mass is 9.91. The van der Waals surface area contributed by atoms with Crippen molar-refractivity contribution in [2.45, 2.75) is 82.8 Å². The zero-order valence-electron chi connectivity index (χ0n) is 26.1. The van der Waals surface area contributed by atoms with Crippen LogP contribution in [0, 0.1) is 5.92 Å². The van der Waals surface area contributed by atoms with Crippen molar-refractivity contribution in [2.75, 3.05) is 12.3 Å². The quantitative estimate of drug-likeness (QED) is 0.183. The molecule has 0 aliphatic heterocycles. The van der Waals surface area contributed by atoms with Gasteiger partial charge in [0.2, 0.25) is 0 Å². The van der Waals surface area contributed by atoms with Gasteiger partial charge in [-0.05, 0) is 87.1 Å². The average molecular weight is 619 g/mol. The summed E-state index contributed by atoms with van der Waals surface area (Å²) in [6.07, 6.45) is 6.43. The highest BCUT2D eigenvalue weighted by Crippen LogP contribution is 2.31. The van der Waals surface area contributed by atoms with Crippen LogP contribution >= 0.6 is 11.8 Å². The summed E-state index contributed by atoms with van der Waals surface area (Å²) in [5.74, 6) is 1.95. The number of carbonyl (C=O) groups excluding carboxylic acids is 2. The second-order valence-corrected chi connectivity index (χ2v) is 13.8. The number of nitrogens with one attached hydrogen (secondary N) is 2. The molecule has 1 saturated carbocycles. The topological polar surface area (TPSA) is 96.9 Å². The number of hydrogen-bond donors (Lipinski definition) is 3. The first-order valence-electron chi connectivity index (χ1n) is 15.6. The van der Waals surface area contributed by atoms with Crippen molar-refractivity contribution >= 4 is 23.8 Å². The Kier molecular flexibility index (Phi) is 12.4. The highest BCUT2D eigenvalue weighted by Gasteiger charge is 2.29. The smallest absolute Gasteiger partial charge is 0.407 e. The first-order valence-corrected chi connectivity index (χ1v) is 16.6. The Morgan fingerprint density at radius 2 is 1.59 bits per heavy atom. The SMILES string of the molecule is CC(C)(C)OC(=O)NC(CNC(=O)c1ccccc1O)C(Cc1ccc(OCc2ccccc2)cc1)SCC1CCCCC1. The summed E-state index contributed by atoms with van der Waals surface area (Å²) >= 11 is 1.85. The van der Waals surface area contributed by atoms with Crippen LogP contribution in [-0.2, 0) is 17.8 Å². The van der Waals surface area contributed by atoms with Crippen LogP contribution < -0.4 is 15.4 Å². The van der Waals surface area contributed by atoms with Crippen LogP contribution in [-0.4, -0.2) is 46.3 Å². The van der Waals surface area contributed by atoms with E-state index in [1.165, 1.54) is 38.2 Å². The van der Waals surface area contributed by atoms with E-state index in [0.29, 0.717) is 18.9 Å². The van der Waals surface area contributed by atoms with E-state index in [1.807, 2.05) is 75.0 Å². The van der Waals surface area contributed by atoms with Crippen LogP contribution in [0.5, 0.6) is 11.5 Å². The third-order valence-corrected chi connectivity index (χ3v) is 9.25. The van der Waals surface area contributed by atoms with Gasteiger partial charge in [-0.2, -0.15) is 11.8 Å². The molecule has 3 aromatic carbocycles. The minimum atomic E-state index is -0.659. The van der Waals surface area contributed by atoms with E-state index >= 15 is 0 Å². The van der Waals surface area contributed by atoms with Gasteiger partial charge in [0.15, 0.2) is 0 Å². The number of carbonyl (C=O) groups is 2. The molecule has 0 aromatic heterocycles. The van der Waals surface area contributed by atoms with Gasteiger partial charge < -0.3 is 25.2 Å². The van der Waals surface area contributed by atoms with Gasteiger partial charge in [-0.1, -0.05) is 73.9 Å². The van der Waals surface area contributed by atoms with Gasteiger partial charge >= 0.3 is 6.09 Å². The minimum absolute atomic E-state index is 0.0368. The van der Waals surface area contributed by atoms with E-state index < -0.39 is 23.6 Å². The van der Waals surface area contributed by atoms with Gasteiger partial charge in [0.1, 0.15) is 23.7 Å². The molecule has 2 unspecified atom stereocenters. The Morgan fingerprint density at radius 3 is 2.27 bits per heavy atom. The number of aromatic hydroxyl groups is 1. The van der Waals surface area contributed by atoms with Crippen LogP contribution in [0.25, 0.3) is 0 Å². The third kappa shape index (κ3) is 11.1. The summed E-state index contributed by atoms with van der Waals surface area (Å²) in [4.78, 5) is 26.1. The molecule has 8 heteroatoms. The summed E-state index contributed by atoms with van der Waals surface area (Å²) in [5.41, 5.74) is 1.76. The molecule has 0 heterocycles. The summed E-state index contributed by atoms with van der Waals surface area (Å²) in [6.45, 7) is 6.18. The van der Waals surface area contributed by atoms with Crippen LogP contribution in [0.1, 0.15) is 74.4 Å². The fourth-order valence-electron chi connectivity index (χ4n) is 5.32. The van der Waals surface area contributed by atoms with Crippen LogP contribution in [0.15, 0.2) is 78.9 Å². The monoisotopic (exact) mass is 618 g/mol. The summed E-state index contributed by atoms with van der Waals surface area (Å²) in [6, 6.07) is 24.2. The van der Waals surface area contributed by atoms with Crippen LogP contribution in [0.2, 0.25) is 0 Å². The number of para-hydroxylation sites is 1. The van der Waals surface area contributed by atoms with Crippen LogP contribution in [0.4, 0.5) is 4.79 Å². The molecule has 0 bridgehead atoms. The molecule has 2 amide bonds. The Bertz CT molecular complexity index is 1320. The van der Waals surface area contributed by atoms with Crippen molar-refractivity contribution in [1.29, 1.82) is 0 Å². The first-order chi connectivity index (χ1) is 21.2. The Balaban J connectivity index is 1.50. The highest BCUT2D eigenvalue weighted by atomic mass is 32.2. The molecule has 7 nitrogen and oxygen atoms in total. The Hall–Kier alpha value is -3.65. The third-order valence-electron chi connectivity index (χ3n) is 7.66. The molecular formula is C36H46N2O5S. The predicted molar refractivity (Wildman–Crippen MR) is 177 cm³/mol. The lowest BCUT2D eigenvalue weighted by molar-refractivity contribution is 0.0500. The van der Waals surface area contributed by atoms with Crippen molar-refractivity contribution in [3.63, 3.8) is 0 Å². The molecule has 0 spiro atoms. The van der Waals surface area contributed by atoms with E-state index in [4.69, 9.17) is 9.47 Å². The van der Waals surface area contributed by atoms with Crippen molar-refractivity contribution < 1.29 is 24.2 Å². The molecule has 3 N–H and O–H groups in total. The van der Waals surface area contributed by atoms with Crippen molar-refractivity contribution in [2.24, 2.45) is 5.92 Å². The Labute approximate surface area is 266 Å². The number of benzene rings is 3. The number of amides is 2. The van der Waals surface area contributed by atoms with Crippen LogP contribution in [0.3, 0.4) is 0 Å². The second kappa shape index (κ2) is 16.4. The second-order valence-electron chi connectivity index (χ2n) is 12.5. The zero-order valence-corrected chi connectivity index (χ0v) is 26.9. The number of hydrogen-bond acceptors (Lipinski definition) is 6. The molecule has 0 saturated heterocycles. The molecule has 4 rings (SSSR count). The number of rotatable bonds is 13. The maximum atomic E-state index is 13.0. The number of phenolic OH excluding ortho intramolecular Hbond substituents is 1. The molecule has 1 aliphatic carbocycles. The van der Waals surface area contributed by atoms with E-state index in [9.17, 15) is 14.7 Å². The van der Waals surface area contributed by atoms with E-state index in [2.05, 4.69) is 22.8 Å². The lowest BCUT2D eigenvalue weighted by Crippen LogP contribution is -2.51. The maximum Gasteiger partial charge on any atom is 0.407 e. The average Bonchev–Trinajstić information content (AvgIpc) is 3.01. The number of thioether (sulfide) groups is 1. The molecule has 1 aliphatic rings. The number of alkyl carbamates (subject to hydrolysis) is 1. The fraction of sp³-hybridized carbons (Fsp3) is 0.444. The maximum absolute atomic E-state index is 13.0. The molecule has 236 valence electrons. The van der Waals surface area contributed by atoms with Gasteiger partial charge in [0.25, 0.3) is 5.91 Å². The number of phenols is 1. The molecule has 44 heavy (non-hydrogen) atoms. The van der Waals surface area contributed by atoms with Gasteiger partial charge in [-0.15, -0.1) is 0 Å². The molecule has 2 atom stereocenters. The summed E-state index contributed by atoms with van der Waals surface area (Å²) < 4.78 is 11.6. The first kappa shape index (κ1) is 33.2. The van der Waals surface area contributed by atoms with Crippen molar-refractivity contribution in [3.8, 4) is 11.5 Å². The Morgan fingerprint density at radius 1 is 0.909 bits per heavy atom. The zero-order chi connectivity index (χ0) is 31.4. The molecule has 0 radical (unpaired) electrons. The molecular weight excluding hydrogens is 572 g/mol. The number of ether oxygens (including phenoxy) is 2.